The number of aromatic nitrogens is 1. The van der Waals surface area contributed by atoms with E-state index in [-0.39, 0.29) is 0 Å². The van der Waals surface area contributed by atoms with E-state index in [9.17, 15) is 0 Å². The van der Waals surface area contributed by atoms with Gasteiger partial charge in [0.05, 0.1) is 0 Å². The molecule has 0 saturated carbocycles. The quantitative estimate of drug-likeness (QED) is 0.176. The van der Waals surface area contributed by atoms with Crippen LogP contribution in [0.2, 0.25) is 0 Å². The molecule has 0 N–H and O–H groups in total. The van der Waals surface area contributed by atoms with E-state index < -0.39 is 0 Å². The minimum absolute atomic E-state index is 0.667. The summed E-state index contributed by atoms with van der Waals surface area (Å²) in [6, 6.07) is 63.0. The smallest absolute Gasteiger partial charge is 0.227 e. The Morgan fingerprint density at radius 3 is 1.78 bits per heavy atom. The fourth-order valence-corrected chi connectivity index (χ4v) is 7.39. The van der Waals surface area contributed by atoms with Crippen LogP contribution in [0.4, 0.5) is 17.1 Å². The Bertz CT molecular complexity index is 2850. The first kappa shape index (κ1) is 28.3. The van der Waals surface area contributed by atoms with Crippen LogP contribution in [-0.2, 0) is 0 Å². The van der Waals surface area contributed by atoms with Gasteiger partial charge in [-0.3, -0.25) is 0 Å². The number of benzene rings is 8. The highest BCUT2D eigenvalue weighted by atomic mass is 16.3. The van der Waals surface area contributed by atoms with E-state index in [4.69, 9.17) is 4.42 Å². The Hall–Kier alpha value is -6.71. The highest BCUT2D eigenvalue weighted by Gasteiger charge is 2.17. The highest BCUT2D eigenvalue weighted by Crippen LogP contribution is 2.41. The SMILES string of the molecule is c1ccc(-c2ccc(N(c3ccc(-c4ccc5ccccc5c4)cc3)c3ccc4c(ccc5ccc6c7cccnc7oc6c54)c3)cc2)cc1. The summed E-state index contributed by atoms with van der Waals surface area (Å²) >= 11 is 0. The molecule has 50 heavy (non-hydrogen) atoms. The third-order valence-electron chi connectivity index (χ3n) is 9.90. The molecular formula is C47H30N2O. The Morgan fingerprint density at radius 2 is 0.980 bits per heavy atom. The van der Waals surface area contributed by atoms with Crippen LogP contribution in [-0.4, -0.2) is 4.98 Å². The van der Waals surface area contributed by atoms with E-state index in [0.29, 0.717) is 5.71 Å². The number of anilines is 3. The van der Waals surface area contributed by atoms with Crippen LogP contribution in [0.1, 0.15) is 0 Å². The Labute approximate surface area is 289 Å². The molecule has 3 nitrogen and oxygen atoms in total. The van der Waals surface area contributed by atoms with Crippen molar-refractivity contribution in [3.8, 4) is 22.3 Å². The van der Waals surface area contributed by atoms with E-state index in [2.05, 4.69) is 180 Å². The molecule has 3 heteroatoms. The maximum Gasteiger partial charge on any atom is 0.227 e. The summed E-state index contributed by atoms with van der Waals surface area (Å²) in [5.41, 5.74) is 9.60. The molecule has 0 fully saturated rings. The number of fused-ring (bicyclic) bond motifs is 8. The average Bonchev–Trinajstić information content (AvgIpc) is 3.57. The van der Waals surface area contributed by atoms with Gasteiger partial charge in [-0.2, -0.15) is 0 Å². The molecule has 2 heterocycles. The molecule has 10 rings (SSSR count). The van der Waals surface area contributed by atoms with Gasteiger partial charge >= 0.3 is 0 Å². The van der Waals surface area contributed by atoms with Gasteiger partial charge in [-0.05, 0) is 110 Å². The summed E-state index contributed by atoms with van der Waals surface area (Å²) in [5, 5.41) is 9.18. The van der Waals surface area contributed by atoms with E-state index >= 15 is 0 Å². The predicted molar refractivity (Wildman–Crippen MR) is 210 cm³/mol. The van der Waals surface area contributed by atoms with Crippen LogP contribution >= 0.6 is 0 Å². The minimum Gasteiger partial charge on any atom is -0.437 e. The van der Waals surface area contributed by atoms with Crippen molar-refractivity contribution in [2.24, 2.45) is 0 Å². The predicted octanol–water partition coefficient (Wildman–Crippen LogP) is 13.2. The lowest BCUT2D eigenvalue weighted by atomic mass is 9.98. The topological polar surface area (TPSA) is 29.3 Å². The first-order valence-corrected chi connectivity index (χ1v) is 16.9. The first-order chi connectivity index (χ1) is 24.8. The Kier molecular flexibility index (Phi) is 6.49. The maximum absolute atomic E-state index is 6.39. The second-order valence-corrected chi connectivity index (χ2v) is 12.8. The molecule has 234 valence electrons. The zero-order valence-corrected chi connectivity index (χ0v) is 27.1. The number of furan rings is 1. The summed E-state index contributed by atoms with van der Waals surface area (Å²) in [7, 11) is 0. The van der Waals surface area contributed by atoms with E-state index in [1.165, 1.54) is 33.0 Å². The average molecular weight is 639 g/mol. The summed E-state index contributed by atoms with van der Waals surface area (Å²) in [5.74, 6) is 0. The van der Waals surface area contributed by atoms with Gasteiger partial charge in [-0.15, -0.1) is 0 Å². The lowest BCUT2D eigenvalue weighted by molar-refractivity contribution is 0.658. The highest BCUT2D eigenvalue weighted by molar-refractivity contribution is 6.23. The number of rotatable bonds is 5. The fraction of sp³-hybridized carbons (Fsp3) is 0. The van der Waals surface area contributed by atoms with Crippen molar-refractivity contribution in [2.75, 3.05) is 4.90 Å². The molecule has 0 saturated heterocycles. The number of pyridine rings is 1. The van der Waals surface area contributed by atoms with Crippen LogP contribution in [0.5, 0.6) is 0 Å². The van der Waals surface area contributed by atoms with Gasteiger partial charge in [-0.25, -0.2) is 4.98 Å². The van der Waals surface area contributed by atoms with E-state index in [0.717, 1.165) is 55.0 Å². The Morgan fingerprint density at radius 1 is 0.380 bits per heavy atom. The Balaban J connectivity index is 1.11. The van der Waals surface area contributed by atoms with Crippen molar-refractivity contribution in [3.05, 3.63) is 182 Å². The van der Waals surface area contributed by atoms with Crippen molar-refractivity contribution >= 4 is 71.4 Å². The van der Waals surface area contributed by atoms with Gasteiger partial charge in [0.15, 0.2) is 0 Å². The van der Waals surface area contributed by atoms with Crippen molar-refractivity contribution in [1.29, 1.82) is 0 Å². The molecule has 0 spiro atoms. The van der Waals surface area contributed by atoms with Crippen molar-refractivity contribution < 1.29 is 4.42 Å². The number of hydrogen-bond donors (Lipinski definition) is 0. The van der Waals surface area contributed by atoms with Crippen LogP contribution in [0.3, 0.4) is 0 Å². The van der Waals surface area contributed by atoms with Crippen LogP contribution < -0.4 is 4.90 Å². The van der Waals surface area contributed by atoms with Gasteiger partial charge < -0.3 is 9.32 Å². The molecular weight excluding hydrogens is 609 g/mol. The van der Waals surface area contributed by atoms with E-state index in [1.807, 2.05) is 6.07 Å². The molecule has 0 atom stereocenters. The third-order valence-corrected chi connectivity index (χ3v) is 9.90. The lowest BCUT2D eigenvalue weighted by Gasteiger charge is -2.26. The summed E-state index contributed by atoms with van der Waals surface area (Å²) in [6.07, 6.45) is 1.78. The first-order valence-electron chi connectivity index (χ1n) is 16.9. The molecule has 0 amide bonds. The zero-order chi connectivity index (χ0) is 33.0. The second kappa shape index (κ2) is 11.5. The number of hydrogen-bond acceptors (Lipinski definition) is 3. The second-order valence-electron chi connectivity index (χ2n) is 12.8. The van der Waals surface area contributed by atoms with Crippen LogP contribution in [0.15, 0.2) is 187 Å². The molecule has 0 radical (unpaired) electrons. The monoisotopic (exact) mass is 638 g/mol. The van der Waals surface area contributed by atoms with Gasteiger partial charge in [-0.1, -0.05) is 115 Å². The fourth-order valence-electron chi connectivity index (χ4n) is 7.39. The normalized spacial score (nSPS) is 11.6. The van der Waals surface area contributed by atoms with Crippen LogP contribution in [0.25, 0.3) is 76.6 Å². The molecule has 0 aliphatic carbocycles. The lowest BCUT2D eigenvalue weighted by Crippen LogP contribution is -2.09. The molecule has 0 aliphatic rings. The van der Waals surface area contributed by atoms with Gasteiger partial charge in [0.25, 0.3) is 0 Å². The van der Waals surface area contributed by atoms with Gasteiger partial charge in [0.2, 0.25) is 5.71 Å². The maximum atomic E-state index is 6.39. The molecule has 8 aromatic carbocycles. The van der Waals surface area contributed by atoms with Gasteiger partial charge in [0, 0.05) is 39.4 Å². The standard InChI is InChI=1S/C47H30N2O/c1-2-7-31(8-3-1)33-16-21-39(22-17-33)49(40-23-18-34(19-24-40)37-14-12-32-9-4-5-10-36(32)29-37)41-25-27-42-38(30-41)15-13-35-20-26-43-44-11-6-28-48-47(44)50-46(43)45(35)42/h1-30H. The largest absolute Gasteiger partial charge is 0.437 e. The number of nitrogens with zero attached hydrogens (tertiary/aromatic N) is 2. The minimum atomic E-state index is 0.667. The molecule has 10 aromatic rings. The zero-order valence-electron chi connectivity index (χ0n) is 27.1. The van der Waals surface area contributed by atoms with Crippen molar-refractivity contribution in [3.63, 3.8) is 0 Å². The molecule has 0 unspecified atom stereocenters. The van der Waals surface area contributed by atoms with Crippen LogP contribution in [0, 0.1) is 0 Å². The van der Waals surface area contributed by atoms with Crippen molar-refractivity contribution in [2.45, 2.75) is 0 Å². The molecule has 0 bridgehead atoms. The van der Waals surface area contributed by atoms with Gasteiger partial charge in [0.1, 0.15) is 5.58 Å². The third kappa shape index (κ3) is 4.71. The van der Waals surface area contributed by atoms with E-state index in [1.54, 1.807) is 6.20 Å². The molecule has 0 aliphatic heterocycles. The molecule has 2 aromatic heterocycles. The summed E-state index contributed by atoms with van der Waals surface area (Å²) in [6.45, 7) is 0. The summed E-state index contributed by atoms with van der Waals surface area (Å²) < 4.78 is 6.39. The van der Waals surface area contributed by atoms with Crippen molar-refractivity contribution in [1.82, 2.24) is 4.98 Å². The summed E-state index contributed by atoms with van der Waals surface area (Å²) in [4.78, 5) is 6.84.